The van der Waals surface area contributed by atoms with Gasteiger partial charge in [-0.15, -0.1) is 0 Å². The normalized spacial score (nSPS) is 22.7. The van der Waals surface area contributed by atoms with Gasteiger partial charge in [0.05, 0.1) is 24.6 Å². The van der Waals surface area contributed by atoms with Crippen LogP contribution in [0.15, 0.2) is 42.9 Å². The van der Waals surface area contributed by atoms with Gasteiger partial charge in [-0.2, -0.15) is 0 Å². The van der Waals surface area contributed by atoms with Crippen molar-refractivity contribution >= 4 is 33.2 Å². The highest BCUT2D eigenvalue weighted by atomic mass is 32.2. The van der Waals surface area contributed by atoms with Crippen LogP contribution in [0.5, 0.6) is 5.75 Å². The predicted molar refractivity (Wildman–Crippen MR) is 113 cm³/mol. The first-order chi connectivity index (χ1) is 14.5. The standard InChI is InChI=1S/C20H21N5O4S/c1-28-13-2-3-15-11(6-13)7-16(24-15)19-14-4-5-25(20(14)23-10-22-19)12-8-17(26)18(9-12)29-30(21)27/h2-7,10,12,17-18,24,26H,8-9,21H2,1H3/t12?,17-,18?,30?/m0/s1. The number of aromatic nitrogens is 4. The molecule has 3 unspecified atom stereocenters. The first kappa shape index (κ1) is 19.2. The third-order valence-electron chi connectivity index (χ3n) is 5.65. The summed E-state index contributed by atoms with van der Waals surface area (Å²) in [5.41, 5.74) is 3.44. The van der Waals surface area contributed by atoms with Crippen LogP contribution in [-0.2, 0) is 15.4 Å². The SMILES string of the molecule is COc1ccc2[nH]c(-c3ncnc4c3ccn4C3CC(OS(N)=O)[C@@H](O)C3)cc2c1. The molecule has 4 N–H and O–H groups in total. The fraction of sp³-hybridized carbons (Fsp3) is 0.300. The van der Waals surface area contributed by atoms with E-state index in [1.54, 1.807) is 7.11 Å². The molecule has 0 spiro atoms. The van der Waals surface area contributed by atoms with Gasteiger partial charge >= 0.3 is 0 Å². The third-order valence-corrected chi connectivity index (χ3v) is 6.09. The minimum absolute atomic E-state index is 0.0409. The highest BCUT2D eigenvalue weighted by Crippen LogP contribution is 2.36. The number of aromatic amines is 1. The Bertz CT molecular complexity index is 1250. The molecule has 1 saturated carbocycles. The van der Waals surface area contributed by atoms with Gasteiger partial charge in [-0.25, -0.2) is 19.3 Å². The lowest BCUT2D eigenvalue weighted by Gasteiger charge is -2.13. The number of nitrogens with zero attached hydrogens (tertiary/aromatic N) is 3. The van der Waals surface area contributed by atoms with E-state index in [0.29, 0.717) is 12.8 Å². The van der Waals surface area contributed by atoms with Gasteiger partial charge in [-0.05, 0) is 43.2 Å². The van der Waals surface area contributed by atoms with E-state index in [-0.39, 0.29) is 6.04 Å². The molecule has 0 bridgehead atoms. The van der Waals surface area contributed by atoms with Crippen molar-refractivity contribution in [1.29, 1.82) is 0 Å². The Labute approximate surface area is 174 Å². The van der Waals surface area contributed by atoms with Crippen molar-refractivity contribution in [2.24, 2.45) is 5.14 Å². The number of aliphatic hydroxyl groups excluding tert-OH is 1. The Morgan fingerprint density at radius 3 is 2.93 bits per heavy atom. The Morgan fingerprint density at radius 2 is 2.13 bits per heavy atom. The van der Waals surface area contributed by atoms with Crippen molar-refractivity contribution in [3.8, 4) is 17.1 Å². The molecule has 1 aromatic carbocycles. The van der Waals surface area contributed by atoms with Gasteiger partial charge in [0.15, 0.2) is 0 Å². The van der Waals surface area contributed by atoms with Gasteiger partial charge in [-0.3, -0.25) is 4.18 Å². The molecule has 3 heterocycles. The van der Waals surface area contributed by atoms with Gasteiger partial charge in [-0.1, -0.05) is 0 Å². The molecule has 30 heavy (non-hydrogen) atoms. The molecular formula is C20H21N5O4S. The van der Waals surface area contributed by atoms with Crippen LogP contribution in [-0.4, -0.2) is 48.2 Å². The maximum atomic E-state index is 11.2. The number of methoxy groups -OCH3 is 1. The number of ether oxygens (including phenoxy) is 1. The maximum Gasteiger partial charge on any atom is 0.231 e. The van der Waals surface area contributed by atoms with Gasteiger partial charge in [0.1, 0.15) is 23.8 Å². The summed E-state index contributed by atoms with van der Waals surface area (Å²) in [6.07, 6.45) is 3.15. The van der Waals surface area contributed by atoms with Crippen LogP contribution in [0.1, 0.15) is 18.9 Å². The largest absolute Gasteiger partial charge is 0.497 e. The quantitative estimate of drug-likeness (QED) is 0.448. The summed E-state index contributed by atoms with van der Waals surface area (Å²) in [5.74, 6) is 0.794. The molecular weight excluding hydrogens is 406 g/mol. The zero-order valence-electron chi connectivity index (χ0n) is 16.2. The Morgan fingerprint density at radius 1 is 1.27 bits per heavy atom. The molecule has 5 rings (SSSR count). The van der Waals surface area contributed by atoms with E-state index < -0.39 is 23.5 Å². The van der Waals surface area contributed by atoms with Crippen LogP contribution >= 0.6 is 0 Å². The van der Waals surface area contributed by atoms with Gasteiger partial charge in [0, 0.05) is 28.5 Å². The number of H-pyrrole nitrogens is 1. The van der Waals surface area contributed by atoms with E-state index in [1.165, 1.54) is 6.33 Å². The topological polar surface area (TPSA) is 128 Å². The zero-order chi connectivity index (χ0) is 20.8. The summed E-state index contributed by atoms with van der Waals surface area (Å²) in [6, 6.07) is 9.83. The molecule has 3 aromatic heterocycles. The van der Waals surface area contributed by atoms with Crippen molar-refractivity contribution in [3.05, 3.63) is 42.9 Å². The lowest BCUT2D eigenvalue weighted by Crippen LogP contribution is -2.26. The van der Waals surface area contributed by atoms with Gasteiger partial charge in [0.2, 0.25) is 11.3 Å². The molecule has 0 radical (unpaired) electrons. The van der Waals surface area contributed by atoms with Gasteiger partial charge in [0.25, 0.3) is 0 Å². The molecule has 0 amide bonds. The fourth-order valence-electron chi connectivity index (χ4n) is 4.25. The van der Waals surface area contributed by atoms with E-state index in [2.05, 4.69) is 15.0 Å². The Hall–Kier alpha value is -2.79. The second kappa shape index (κ2) is 7.47. The molecule has 1 aliphatic rings. The number of hydrogen-bond acceptors (Lipinski definition) is 6. The van der Waals surface area contributed by atoms with Crippen LogP contribution in [0.3, 0.4) is 0 Å². The second-order valence-corrected chi connectivity index (χ2v) is 8.12. The number of aliphatic hydroxyl groups is 1. The van der Waals surface area contributed by atoms with E-state index in [9.17, 15) is 9.32 Å². The van der Waals surface area contributed by atoms with Crippen LogP contribution < -0.4 is 9.88 Å². The molecule has 4 aromatic rings. The molecule has 0 saturated heterocycles. The Balaban J connectivity index is 1.52. The highest BCUT2D eigenvalue weighted by Gasteiger charge is 2.36. The minimum atomic E-state index is -1.91. The van der Waals surface area contributed by atoms with Crippen LogP contribution in [0, 0.1) is 0 Å². The highest BCUT2D eigenvalue weighted by molar-refractivity contribution is 7.77. The lowest BCUT2D eigenvalue weighted by atomic mass is 10.2. The molecule has 156 valence electrons. The molecule has 10 heteroatoms. The van der Waals surface area contributed by atoms with Crippen molar-refractivity contribution in [3.63, 3.8) is 0 Å². The smallest absolute Gasteiger partial charge is 0.231 e. The first-order valence-corrected chi connectivity index (χ1v) is 10.7. The summed E-state index contributed by atoms with van der Waals surface area (Å²) < 4.78 is 23.7. The molecule has 1 aliphatic carbocycles. The molecule has 0 aliphatic heterocycles. The van der Waals surface area contributed by atoms with Crippen LogP contribution in [0.4, 0.5) is 0 Å². The van der Waals surface area contributed by atoms with Crippen molar-refractivity contribution in [2.45, 2.75) is 31.1 Å². The zero-order valence-corrected chi connectivity index (χ0v) is 17.0. The second-order valence-electron chi connectivity index (χ2n) is 7.41. The minimum Gasteiger partial charge on any atom is -0.497 e. The molecule has 4 atom stereocenters. The summed E-state index contributed by atoms with van der Waals surface area (Å²) in [7, 11) is 1.64. The number of hydrogen-bond donors (Lipinski definition) is 3. The number of rotatable bonds is 5. The summed E-state index contributed by atoms with van der Waals surface area (Å²) in [5, 5.41) is 17.4. The van der Waals surface area contributed by atoms with Crippen molar-refractivity contribution < 1.29 is 18.2 Å². The van der Waals surface area contributed by atoms with E-state index in [1.807, 2.05) is 41.1 Å². The molecule has 9 nitrogen and oxygen atoms in total. The number of fused-ring (bicyclic) bond motifs is 2. The van der Waals surface area contributed by atoms with Gasteiger partial charge < -0.3 is 19.4 Å². The van der Waals surface area contributed by atoms with Crippen molar-refractivity contribution in [1.82, 2.24) is 19.5 Å². The maximum absolute atomic E-state index is 11.2. The van der Waals surface area contributed by atoms with Crippen LogP contribution in [0.25, 0.3) is 33.3 Å². The average Bonchev–Trinajstić information content (AvgIpc) is 3.43. The van der Waals surface area contributed by atoms with E-state index in [0.717, 1.165) is 39.1 Å². The van der Waals surface area contributed by atoms with E-state index >= 15 is 0 Å². The summed E-state index contributed by atoms with van der Waals surface area (Å²) >= 11 is -1.91. The van der Waals surface area contributed by atoms with E-state index in [4.69, 9.17) is 14.1 Å². The number of nitrogens with two attached hydrogens (primary N) is 1. The van der Waals surface area contributed by atoms with Crippen LogP contribution in [0.2, 0.25) is 0 Å². The molecule has 1 fully saturated rings. The summed E-state index contributed by atoms with van der Waals surface area (Å²) in [6.45, 7) is 0. The summed E-state index contributed by atoms with van der Waals surface area (Å²) in [4.78, 5) is 12.4. The average molecular weight is 427 g/mol. The third kappa shape index (κ3) is 3.27. The predicted octanol–water partition coefficient (Wildman–Crippen LogP) is 2.21. The Kier molecular flexibility index (Phi) is 4.78. The lowest BCUT2D eigenvalue weighted by molar-refractivity contribution is 0.0693. The number of nitrogens with one attached hydrogen (secondary N) is 1. The fourth-order valence-corrected chi connectivity index (χ4v) is 4.70. The van der Waals surface area contributed by atoms with Crippen molar-refractivity contribution in [2.75, 3.05) is 7.11 Å². The first-order valence-electron chi connectivity index (χ1n) is 9.53. The monoisotopic (exact) mass is 427 g/mol. The number of benzene rings is 1.